The van der Waals surface area contributed by atoms with E-state index in [1.165, 1.54) is 35.7 Å². The maximum atomic E-state index is 12.9. The maximum Gasteiger partial charge on any atom is 0.337 e. The lowest BCUT2D eigenvalue weighted by Gasteiger charge is -2.30. The summed E-state index contributed by atoms with van der Waals surface area (Å²) in [6.45, 7) is 1.20. The first-order chi connectivity index (χ1) is 16.3. The molecule has 1 fully saturated rings. The third-order valence-electron chi connectivity index (χ3n) is 5.90. The molecule has 2 aliphatic rings. The van der Waals surface area contributed by atoms with Crippen LogP contribution in [0.5, 0.6) is 17.2 Å². The van der Waals surface area contributed by atoms with E-state index in [0.29, 0.717) is 49.7 Å². The molecule has 1 amide bonds. The third-order valence-corrected chi connectivity index (χ3v) is 7.81. The summed E-state index contributed by atoms with van der Waals surface area (Å²) >= 11 is 0. The Hall–Kier alpha value is -3.31. The highest BCUT2D eigenvalue weighted by atomic mass is 32.2. The first-order valence-electron chi connectivity index (χ1n) is 10.9. The van der Waals surface area contributed by atoms with Crippen LogP contribution in [0, 0.1) is 5.92 Å². The smallest absolute Gasteiger partial charge is 0.337 e. The first-order valence-corrected chi connectivity index (χ1v) is 12.4. The van der Waals surface area contributed by atoms with Crippen molar-refractivity contribution in [1.29, 1.82) is 0 Å². The van der Waals surface area contributed by atoms with Crippen LogP contribution in [0.25, 0.3) is 0 Å². The Labute approximate surface area is 197 Å². The molecular formula is C23H26N2O8S. The zero-order valence-electron chi connectivity index (χ0n) is 18.7. The van der Waals surface area contributed by atoms with E-state index >= 15 is 0 Å². The molecule has 0 spiro atoms. The van der Waals surface area contributed by atoms with Crippen molar-refractivity contribution in [3.05, 3.63) is 42.0 Å². The number of amides is 1. The number of methoxy groups -OCH3 is 1. The number of ether oxygens (including phenoxy) is 3. The van der Waals surface area contributed by atoms with Gasteiger partial charge in [-0.3, -0.25) is 4.79 Å². The first kappa shape index (κ1) is 23.8. The summed E-state index contributed by atoms with van der Waals surface area (Å²) in [4.78, 5) is 24.8. The van der Waals surface area contributed by atoms with Crippen molar-refractivity contribution in [3.63, 3.8) is 0 Å². The number of benzene rings is 2. The van der Waals surface area contributed by atoms with E-state index in [1.807, 2.05) is 0 Å². The number of carbonyl (C=O) groups excluding carboxylic acids is 1. The van der Waals surface area contributed by atoms with Crippen molar-refractivity contribution in [2.45, 2.75) is 24.2 Å². The topological polar surface area (TPSA) is 131 Å². The number of anilines is 1. The molecule has 4 rings (SSSR count). The number of nitrogens with zero attached hydrogens (tertiary/aromatic N) is 1. The van der Waals surface area contributed by atoms with Gasteiger partial charge in [0, 0.05) is 37.6 Å². The molecular weight excluding hydrogens is 464 g/mol. The molecule has 2 aromatic carbocycles. The molecule has 0 atom stereocenters. The zero-order chi connectivity index (χ0) is 24.3. The summed E-state index contributed by atoms with van der Waals surface area (Å²) in [6, 6.07) is 8.97. The number of carboxylic acid groups (broad SMARTS) is 1. The number of carboxylic acids is 1. The van der Waals surface area contributed by atoms with E-state index in [4.69, 9.17) is 14.2 Å². The van der Waals surface area contributed by atoms with Gasteiger partial charge < -0.3 is 24.6 Å². The summed E-state index contributed by atoms with van der Waals surface area (Å²) < 4.78 is 43.4. The van der Waals surface area contributed by atoms with Gasteiger partial charge in [-0.15, -0.1) is 0 Å². The van der Waals surface area contributed by atoms with Crippen LogP contribution in [-0.4, -0.2) is 63.1 Å². The fraction of sp³-hybridized carbons (Fsp3) is 0.391. The van der Waals surface area contributed by atoms with Gasteiger partial charge in [0.05, 0.1) is 36.5 Å². The lowest BCUT2D eigenvalue weighted by atomic mass is 9.97. The van der Waals surface area contributed by atoms with Crippen LogP contribution in [0.3, 0.4) is 0 Å². The normalized spacial score (nSPS) is 17.0. The van der Waals surface area contributed by atoms with E-state index in [-0.39, 0.29) is 35.1 Å². The summed E-state index contributed by atoms with van der Waals surface area (Å²) in [7, 11) is -2.18. The number of nitrogens with one attached hydrogen (secondary N) is 1. The number of hydrogen-bond acceptors (Lipinski definition) is 7. The van der Waals surface area contributed by atoms with E-state index in [9.17, 15) is 23.1 Å². The second-order valence-corrected chi connectivity index (χ2v) is 9.98. The Bertz CT molecular complexity index is 1170. The van der Waals surface area contributed by atoms with Crippen molar-refractivity contribution >= 4 is 27.6 Å². The summed E-state index contributed by atoms with van der Waals surface area (Å²) in [6.07, 6.45) is 1.29. The molecule has 34 heavy (non-hydrogen) atoms. The molecule has 2 aliphatic heterocycles. The minimum Gasteiger partial charge on any atom is -0.497 e. The standard InChI is InChI=1S/C23H26N2O8S/c1-31-16-3-5-17(6-4-16)34(29,30)25-9-7-15(8-10-25)22(26)24-19-14-21-20(13-18(19)23(27)28)32-11-2-12-33-21/h3-6,13-15H,2,7-12H2,1H3,(H,24,26)(H,27,28). The number of rotatable bonds is 6. The average Bonchev–Trinajstić information content (AvgIpc) is 3.08. The predicted molar refractivity (Wildman–Crippen MR) is 122 cm³/mol. The monoisotopic (exact) mass is 490 g/mol. The molecule has 2 heterocycles. The minimum atomic E-state index is -3.69. The number of aromatic carboxylic acids is 1. The molecule has 0 aliphatic carbocycles. The quantitative estimate of drug-likeness (QED) is 0.632. The number of sulfonamides is 1. The van der Waals surface area contributed by atoms with Crippen LogP contribution in [0.4, 0.5) is 5.69 Å². The Morgan fingerprint density at radius 1 is 1.06 bits per heavy atom. The van der Waals surface area contributed by atoms with Gasteiger partial charge in [-0.1, -0.05) is 0 Å². The van der Waals surface area contributed by atoms with E-state index < -0.39 is 21.9 Å². The highest BCUT2D eigenvalue weighted by molar-refractivity contribution is 7.89. The molecule has 10 nitrogen and oxygen atoms in total. The highest BCUT2D eigenvalue weighted by Gasteiger charge is 2.33. The summed E-state index contributed by atoms with van der Waals surface area (Å²) in [5.41, 5.74) is 0.0205. The lowest BCUT2D eigenvalue weighted by Crippen LogP contribution is -2.41. The van der Waals surface area contributed by atoms with Crippen molar-refractivity contribution in [1.82, 2.24) is 4.31 Å². The van der Waals surface area contributed by atoms with Gasteiger partial charge in [0.15, 0.2) is 11.5 Å². The van der Waals surface area contributed by atoms with E-state index in [1.54, 1.807) is 12.1 Å². The minimum absolute atomic E-state index is 0.0999. The largest absolute Gasteiger partial charge is 0.497 e. The second kappa shape index (κ2) is 9.90. The molecule has 0 radical (unpaired) electrons. The number of hydrogen-bond donors (Lipinski definition) is 2. The average molecular weight is 491 g/mol. The Morgan fingerprint density at radius 2 is 1.68 bits per heavy atom. The number of carbonyl (C=O) groups is 2. The number of fused-ring (bicyclic) bond motifs is 1. The van der Waals surface area contributed by atoms with Gasteiger partial charge in [0.1, 0.15) is 5.75 Å². The van der Waals surface area contributed by atoms with Crippen molar-refractivity contribution in [2.24, 2.45) is 5.92 Å². The Morgan fingerprint density at radius 3 is 2.26 bits per heavy atom. The Kier molecular flexibility index (Phi) is 6.94. The number of piperidine rings is 1. The Balaban J connectivity index is 1.44. The molecule has 11 heteroatoms. The molecule has 1 saturated heterocycles. The molecule has 2 aromatic rings. The van der Waals surface area contributed by atoms with E-state index in [0.717, 1.165) is 0 Å². The van der Waals surface area contributed by atoms with Gasteiger partial charge in [-0.05, 0) is 37.1 Å². The fourth-order valence-corrected chi connectivity index (χ4v) is 5.45. The SMILES string of the molecule is COc1ccc(S(=O)(=O)N2CCC(C(=O)Nc3cc4c(cc3C(=O)O)OCCCO4)CC2)cc1. The van der Waals surface area contributed by atoms with Gasteiger partial charge in [-0.25, -0.2) is 13.2 Å². The maximum absolute atomic E-state index is 12.9. The predicted octanol–water partition coefficient (Wildman–Crippen LogP) is 2.59. The molecule has 0 bridgehead atoms. The van der Waals surface area contributed by atoms with Gasteiger partial charge in [0.25, 0.3) is 0 Å². The summed E-state index contributed by atoms with van der Waals surface area (Å²) in [5.74, 6) is -0.766. The van der Waals surface area contributed by atoms with Crippen LogP contribution >= 0.6 is 0 Å². The molecule has 0 unspecified atom stereocenters. The molecule has 0 saturated carbocycles. The van der Waals surface area contributed by atoms with Crippen LogP contribution in [0.2, 0.25) is 0 Å². The zero-order valence-corrected chi connectivity index (χ0v) is 19.5. The molecule has 0 aromatic heterocycles. The van der Waals surface area contributed by atoms with Crippen LogP contribution in [0.15, 0.2) is 41.3 Å². The van der Waals surface area contributed by atoms with Crippen molar-refractivity contribution < 1.29 is 37.3 Å². The highest BCUT2D eigenvalue weighted by Crippen LogP contribution is 2.36. The van der Waals surface area contributed by atoms with Gasteiger partial charge in [0.2, 0.25) is 15.9 Å². The third kappa shape index (κ3) is 4.95. The lowest BCUT2D eigenvalue weighted by molar-refractivity contribution is -0.120. The molecule has 2 N–H and O–H groups in total. The van der Waals surface area contributed by atoms with E-state index in [2.05, 4.69) is 5.32 Å². The van der Waals surface area contributed by atoms with Gasteiger partial charge in [-0.2, -0.15) is 4.31 Å². The summed E-state index contributed by atoms with van der Waals surface area (Å²) in [5, 5.41) is 12.3. The van der Waals surface area contributed by atoms with Crippen LogP contribution < -0.4 is 19.5 Å². The van der Waals surface area contributed by atoms with Crippen LogP contribution in [-0.2, 0) is 14.8 Å². The van der Waals surface area contributed by atoms with Crippen molar-refractivity contribution in [2.75, 3.05) is 38.7 Å². The second-order valence-electron chi connectivity index (χ2n) is 8.04. The van der Waals surface area contributed by atoms with Gasteiger partial charge >= 0.3 is 5.97 Å². The fourth-order valence-electron chi connectivity index (χ4n) is 3.98. The van der Waals surface area contributed by atoms with Crippen molar-refractivity contribution in [3.8, 4) is 17.2 Å². The molecule has 182 valence electrons. The van der Waals surface area contributed by atoms with Crippen LogP contribution in [0.1, 0.15) is 29.6 Å².